The van der Waals surface area contributed by atoms with Crippen molar-refractivity contribution in [2.45, 2.75) is 70.2 Å². The van der Waals surface area contributed by atoms with E-state index < -0.39 is 40.9 Å². The molecule has 0 saturated carbocycles. The number of fused-ring (bicyclic) bond motifs is 2. The summed E-state index contributed by atoms with van der Waals surface area (Å²) in [5, 5.41) is 13.2. The molecule has 0 fully saturated rings. The molecule has 2 amide bonds. The summed E-state index contributed by atoms with van der Waals surface area (Å²) in [5.74, 6) is -0.340. The maximum Gasteiger partial charge on any atom is 0.251 e. The summed E-state index contributed by atoms with van der Waals surface area (Å²) in [6.07, 6.45) is 1.43. The SMILES string of the molecule is CC[C@]1(C)CC(=O)N([C@@H]2CCOc3ccc(C(=O)N[C@@H]4c5cc(F)ccc5OC(C)(C)[C@H]4CO)cc32)C(N)=N1. The van der Waals surface area contributed by atoms with E-state index in [9.17, 15) is 19.1 Å². The van der Waals surface area contributed by atoms with E-state index in [-0.39, 0.29) is 24.9 Å². The Labute approximate surface area is 227 Å². The minimum absolute atomic E-state index is 0.117. The minimum Gasteiger partial charge on any atom is -0.493 e. The van der Waals surface area contributed by atoms with Crippen LogP contribution in [0.25, 0.3) is 0 Å². The molecule has 0 saturated heterocycles. The van der Waals surface area contributed by atoms with Crippen molar-refractivity contribution in [3.05, 3.63) is 58.9 Å². The van der Waals surface area contributed by atoms with Crippen molar-refractivity contribution >= 4 is 17.8 Å². The second kappa shape index (κ2) is 9.82. The average molecular weight is 539 g/mol. The summed E-state index contributed by atoms with van der Waals surface area (Å²) < 4.78 is 26.1. The highest BCUT2D eigenvalue weighted by Gasteiger charge is 2.45. The third kappa shape index (κ3) is 4.82. The normalized spacial score (nSPS) is 27.4. The number of aliphatic hydroxyl groups excluding tert-OH is 1. The largest absolute Gasteiger partial charge is 0.493 e. The van der Waals surface area contributed by atoms with E-state index in [1.54, 1.807) is 18.2 Å². The molecule has 0 spiro atoms. The van der Waals surface area contributed by atoms with Crippen LogP contribution in [0.4, 0.5) is 4.39 Å². The van der Waals surface area contributed by atoms with Gasteiger partial charge in [0.25, 0.3) is 5.91 Å². The highest BCUT2D eigenvalue weighted by atomic mass is 19.1. The number of aliphatic hydroxyl groups is 1. The van der Waals surface area contributed by atoms with Gasteiger partial charge >= 0.3 is 0 Å². The summed E-state index contributed by atoms with van der Waals surface area (Å²) in [7, 11) is 0. The second-order valence-electron chi connectivity index (χ2n) is 11.3. The molecule has 0 bridgehead atoms. The number of nitrogens with one attached hydrogen (secondary N) is 1. The van der Waals surface area contributed by atoms with Crippen LogP contribution in [0.1, 0.15) is 80.5 Å². The predicted octanol–water partition coefficient (Wildman–Crippen LogP) is 3.62. The van der Waals surface area contributed by atoms with Gasteiger partial charge in [0.2, 0.25) is 5.91 Å². The quantitative estimate of drug-likeness (QED) is 0.534. The monoisotopic (exact) mass is 538 g/mol. The van der Waals surface area contributed by atoms with E-state index in [2.05, 4.69) is 10.3 Å². The number of benzene rings is 2. The Hall–Kier alpha value is -3.66. The number of halogens is 1. The lowest BCUT2D eigenvalue weighted by atomic mass is 9.78. The number of carbonyl (C=O) groups is 2. The first-order chi connectivity index (χ1) is 18.5. The molecule has 3 aliphatic rings. The van der Waals surface area contributed by atoms with Crippen LogP contribution in [-0.2, 0) is 4.79 Å². The van der Waals surface area contributed by atoms with E-state index >= 15 is 0 Å². The van der Waals surface area contributed by atoms with E-state index in [0.717, 1.165) is 0 Å². The van der Waals surface area contributed by atoms with E-state index in [1.165, 1.54) is 23.1 Å². The van der Waals surface area contributed by atoms with Crippen molar-refractivity contribution < 1.29 is 28.6 Å². The van der Waals surface area contributed by atoms with E-state index in [4.69, 9.17) is 15.2 Å². The number of hydrogen-bond donors (Lipinski definition) is 3. The Balaban J connectivity index is 1.47. The van der Waals surface area contributed by atoms with Crippen molar-refractivity contribution in [1.29, 1.82) is 0 Å². The fourth-order valence-corrected chi connectivity index (χ4v) is 5.79. The van der Waals surface area contributed by atoms with Gasteiger partial charge < -0.3 is 25.6 Å². The highest BCUT2D eigenvalue weighted by molar-refractivity contribution is 6.00. The zero-order valence-electron chi connectivity index (χ0n) is 22.7. The van der Waals surface area contributed by atoms with Gasteiger partial charge in [-0.2, -0.15) is 0 Å². The molecule has 4 atom stereocenters. The summed E-state index contributed by atoms with van der Waals surface area (Å²) >= 11 is 0. The molecule has 2 aromatic rings. The van der Waals surface area contributed by atoms with Crippen molar-refractivity contribution in [3.8, 4) is 11.5 Å². The molecule has 3 aliphatic heterocycles. The van der Waals surface area contributed by atoms with Gasteiger partial charge in [0.05, 0.1) is 37.3 Å². The first-order valence-corrected chi connectivity index (χ1v) is 13.3. The minimum atomic E-state index is -0.815. The standard InChI is InChI=1S/C29H35FN4O5/c1-5-29(4)14-24(36)34(27(31)33-29)21-10-11-38-22-8-6-16(12-18(21)22)26(37)32-25-19-13-17(30)7-9-23(19)39-28(2,3)20(25)15-35/h6-9,12-13,20-21,25,35H,5,10-11,14-15H2,1-4H3,(H2,31,33)(H,32,37)/t20-,21+,25+,29+/m0/s1. The van der Waals surface area contributed by atoms with Crippen molar-refractivity contribution in [1.82, 2.24) is 10.2 Å². The number of rotatable bonds is 5. The fraction of sp³-hybridized carbons (Fsp3) is 0.483. The van der Waals surface area contributed by atoms with Crippen molar-refractivity contribution in [2.75, 3.05) is 13.2 Å². The van der Waals surface area contributed by atoms with Crippen LogP contribution in [0.15, 0.2) is 41.4 Å². The average Bonchev–Trinajstić information content (AvgIpc) is 2.88. The Morgan fingerprint density at radius 1 is 1.21 bits per heavy atom. The van der Waals surface area contributed by atoms with Gasteiger partial charge in [-0.25, -0.2) is 9.38 Å². The molecule has 39 heavy (non-hydrogen) atoms. The summed E-state index contributed by atoms with van der Waals surface area (Å²) in [6.45, 7) is 7.65. The molecule has 3 heterocycles. The molecule has 5 rings (SSSR count). The molecule has 0 unspecified atom stereocenters. The number of carbonyl (C=O) groups excluding carboxylic acids is 2. The maximum atomic E-state index is 14.2. The van der Waals surface area contributed by atoms with Gasteiger partial charge in [0.1, 0.15) is 22.9 Å². The molecule has 4 N–H and O–H groups in total. The molecule has 0 aromatic heterocycles. The number of amides is 2. The predicted molar refractivity (Wildman–Crippen MR) is 143 cm³/mol. The topological polar surface area (TPSA) is 126 Å². The Bertz CT molecular complexity index is 1340. The second-order valence-corrected chi connectivity index (χ2v) is 11.3. The Morgan fingerprint density at radius 3 is 2.64 bits per heavy atom. The van der Waals surface area contributed by atoms with Crippen LogP contribution in [0.3, 0.4) is 0 Å². The maximum absolute atomic E-state index is 14.2. The first-order valence-electron chi connectivity index (χ1n) is 13.3. The number of nitrogens with two attached hydrogens (primary N) is 1. The number of aliphatic imine (C=N–C) groups is 1. The van der Waals surface area contributed by atoms with Crippen LogP contribution in [-0.4, -0.2) is 52.1 Å². The van der Waals surface area contributed by atoms with Crippen LogP contribution in [0, 0.1) is 11.7 Å². The van der Waals surface area contributed by atoms with Crippen molar-refractivity contribution in [2.24, 2.45) is 16.6 Å². The van der Waals surface area contributed by atoms with Crippen LogP contribution in [0.5, 0.6) is 11.5 Å². The summed E-state index contributed by atoms with van der Waals surface area (Å²) in [4.78, 5) is 33.0. The van der Waals surface area contributed by atoms with Gasteiger partial charge in [-0.05, 0) is 63.6 Å². The molecule has 9 nitrogen and oxygen atoms in total. The molecule has 208 valence electrons. The van der Waals surface area contributed by atoms with E-state index in [0.29, 0.717) is 47.6 Å². The van der Waals surface area contributed by atoms with Gasteiger partial charge in [0.15, 0.2) is 5.96 Å². The Kier molecular flexibility index (Phi) is 6.78. The lowest BCUT2D eigenvalue weighted by molar-refractivity contribution is -0.131. The van der Waals surface area contributed by atoms with Gasteiger partial charge in [-0.3, -0.25) is 14.5 Å². The zero-order chi connectivity index (χ0) is 28.1. The lowest BCUT2D eigenvalue weighted by Crippen LogP contribution is -2.52. The van der Waals surface area contributed by atoms with Crippen LogP contribution >= 0.6 is 0 Å². The van der Waals surface area contributed by atoms with Gasteiger partial charge in [0, 0.05) is 29.0 Å². The third-order valence-corrected chi connectivity index (χ3v) is 8.24. The Morgan fingerprint density at radius 2 is 1.95 bits per heavy atom. The molecule has 10 heteroatoms. The lowest BCUT2D eigenvalue weighted by Gasteiger charge is -2.44. The molecular weight excluding hydrogens is 503 g/mol. The summed E-state index contributed by atoms with van der Waals surface area (Å²) in [6, 6.07) is 8.09. The number of ether oxygens (including phenoxy) is 2. The third-order valence-electron chi connectivity index (χ3n) is 8.24. The van der Waals surface area contributed by atoms with Crippen LogP contribution < -0.4 is 20.5 Å². The van der Waals surface area contributed by atoms with E-state index in [1.807, 2.05) is 27.7 Å². The molecular formula is C29H35FN4O5. The number of guanidine groups is 1. The van der Waals surface area contributed by atoms with Gasteiger partial charge in [-0.1, -0.05) is 6.92 Å². The first kappa shape index (κ1) is 26.9. The molecule has 0 radical (unpaired) electrons. The highest BCUT2D eigenvalue weighted by Crippen LogP contribution is 2.44. The fourth-order valence-electron chi connectivity index (χ4n) is 5.79. The smallest absolute Gasteiger partial charge is 0.251 e. The van der Waals surface area contributed by atoms with Gasteiger partial charge in [-0.15, -0.1) is 0 Å². The number of hydrogen-bond acceptors (Lipinski definition) is 7. The molecule has 2 aromatic carbocycles. The number of nitrogens with zero attached hydrogens (tertiary/aromatic N) is 2. The van der Waals surface area contributed by atoms with Crippen molar-refractivity contribution in [3.63, 3.8) is 0 Å². The zero-order valence-corrected chi connectivity index (χ0v) is 22.7. The van der Waals surface area contributed by atoms with Crippen LogP contribution in [0.2, 0.25) is 0 Å². The molecule has 0 aliphatic carbocycles. The summed E-state index contributed by atoms with van der Waals surface area (Å²) in [5.41, 5.74) is 6.42.